The average molecular weight is 601 g/mol. The predicted molar refractivity (Wildman–Crippen MR) is 158 cm³/mol. The number of aromatic nitrogens is 7. The number of fused-ring (bicyclic) bond motifs is 1. The van der Waals surface area contributed by atoms with Crippen LogP contribution in [0.5, 0.6) is 5.88 Å². The van der Waals surface area contributed by atoms with Gasteiger partial charge in [-0.05, 0) is 38.0 Å². The number of nitriles is 1. The standard InChI is InChI=1S/C30H30FN9O3.H3N/c1-2-38-19-33-15-24(38)16-39-27(35-26-12-22(30(41)42)14-34-29(26)39)17-37-8-5-23(6-9-37)40-10-7-28(36-40)43-18-21-4-3-20(13-32)11-25(21)31;/h3-4,7,10-12,14-15,19,23H,2,5-6,8-9,16-18H2,1H3,(H,41,42);1H3. The number of aryl methyl sites for hydroxylation is 1. The SMILES string of the molecule is CCn1cncc1Cn1c(CN2CCC(n3ccc(OCc4ccc(C#N)cc4F)n3)CC2)nc2cc(C(=O)O)cnc21.N. The average Bonchev–Trinajstić information content (AvgIpc) is 3.76. The van der Waals surface area contributed by atoms with E-state index in [1.807, 2.05) is 27.7 Å². The number of likely N-dealkylation sites (tertiary alicyclic amines) is 1. The number of carbonyl (C=O) groups is 1. The van der Waals surface area contributed by atoms with Crippen molar-refractivity contribution in [3.8, 4) is 11.9 Å². The smallest absolute Gasteiger partial charge is 0.337 e. The highest BCUT2D eigenvalue weighted by Crippen LogP contribution is 2.26. The number of carboxylic acid groups (broad SMARTS) is 1. The van der Waals surface area contributed by atoms with E-state index < -0.39 is 11.8 Å². The van der Waals surface area contributed by atoms with Gasteiger partial charge in [-0.1, -0.05) is 6.07 Å². The van der Waals surface area contributed by atoms with Gasteiger partial charge in [-0.15, -0.1) is 5.10 Å². The first kappa shape index (κ1) is 30.3. The van der Waals surface area contributed by atoms with Crippen LogP contribution >= 0.6 is 0 Å². The molecule has 0 spiro atoms. The van der Waals surface area contributed by atoms with Gasteiger partial charge in [0.25, 0.3) is 0 Å². The van der Waals surface area contributed by atoms with Gasteiger partial charge in [0.1, 0.15) is 23.8 Å². The molecule has 0 amide bonds. The molecule has 1 aromatic carbocycles. The molecule has 0 unspecified atom stereocenters. The number of benzene rings is 1. The maximum atomic E-state index is 14.2. The summed E-state index contributed by atoms with van der Waals surface area (Å²) >= 11 is 0. The zero-order chi connectivity index (χ0) is 29.9. The number of nitrogens with zero attached hydrogens (tertiary/aromatic N) is 9. The van der Waals surface area contributed by atoms with Crippen LogP contribution in [-0.4, -0.2) is 62.9 Å². The van der Waals surface area contributed by atoms with Crippen LogP contribution in [0.3, 0.4) is 0 Å². The van der Waals surface area contributed by atoms with Crippen LogP contribution in [0.1, 0.15) is 58.8 Å². The summed E-state index contributed by atoms with van der Waals surface area (Å²) in [6.45, 7) is 5.63. The Hall–Kier alpha value is -5.13. The van der Waals surface area contributed by atoms with Gasteiger partial charge in [0.15, 0.2) is 5.65 Å². The van der Waals surface area contributed by atoms with Crippen molar-refractivity contribution in [1.29, 1.82) is 5.26 Å². The lowest BCUT2D eigenvalue weighted by Crippen LogP contribution is -2.35. The van der Waals surface area contributed by atoms with Gasteiger partial charge in [-0.2, -0.15) is 5.26 Å². The fraction of sp³-hybridized carbons (Fsp3) is 0.333. The molecule has 0 bridgehead atoms. The molecule has 0 saturated carbocycles. The second-order valence-corrected chi connectivity index (χ2v) is 10.5. The van der Waals surface area contributed by atoms with Crippen LogP contribution in [0.2, 0.25) is 0 Å². The molecule has 13 nitrogen and oxygen atoms in total. The Kier molecular flexibility index (Phi) is 8.98. The minimum Gasteiger partial charge on any atom is -0.478 e. The molecular formula is C30H33FN10O3. The molecule has 1 saturated heterocycles. The molecule has 5 heterocycles. The van der Waals surface area contributed by atoms with Crippen molar-refractivity contribution in [2.24, 2.45) is 0 Å². The van der Waals surface area contributed by atoms with E-state index in [1.165, 1.54) is 12.3 Å². The van der Waals surface area contributed by atoms with E-state index in [4.69, 9.17) is 15.0 Å². The summed E-state index contributed by atoms with van der Waals surface area (Å²) in [6, 6.07) is 9.77. The van der Waals surface area contributed by atoms with Gasteiger partial charge in [-0.3, -0.25) is 9.58 Å². The van der Waals surface area contributed by atoms with E-state index in [-0.39, 0.29) is 29.9 Å². The number of imidazole rings is 2. The summed E-state index contributed by atoms with van der Waals surface area (Å²) in [5.74, 6) is -0.282. The topological polar surface area (TPSA) is 175 Å². The third kappa shape index (κ3) is 6.29. The second kappa shape index (κ2) is 13.0. The van der Waals surface area contributed by atoms with Crippen molar-refractivity contribution in [1.82, 2.24) is 44.9 Å². The third-order valence-corrected chi connectivity index (χ3v) is 7.81. The first-order chi connectivity index (χ1) is 20.9. The largest absolute Gasteiger partial charge is 0.478 e. The van der Waals surface area contributed by atoms with Crippen LogP contribution in [0.25, 0.3) is 11.2 Å². The zero-order valence-corrected chi connectivity index (χ0v) is 24.3. The Bertz CT molecular complexity index is 1810. The summed E-state index contributed by atoms with van der Waals surface area (Å²) in [5, 5.41) is 22.9. The quantitative estimate of drug-likeness (QED) is 0.237. The van der Waals surface area contributed by atoms with E-state index in [0.29, 0.717) is 35.7 Å². The van der Waals surface area contributed by atoms with Crippen LogP contribution < -0.4 is 10.9 Å². The molecule has 0 aliphatic carbocycles. The Balaban J connectivity index is 0.00000384. The molecule has 1 aliphatic heterocycles. The Labute approximate surface area is 252 Å². The minimum atomic E-state index is -1.04. The molecule has 1 aliphatic rings. The molecule has 14 heteroatoms. The fourth-order valence-corrected chi connectivity index (χ4v) is 5.42. The van der Waals surface area contributed by atoms with Crippen LogP contribution in [0.4, 0.5) is 4.39 Å². The van der Waals surface area contributed by atoms with Crippen molar-refractivity contribution in [2.45, 2.75) is 52.0 Å². The summed E-state index contributed by atoms with van der Waals surface area (Å²) in [6.07, 6.45) is 8.63. The molecular weight excluding hydrogens is 567 g/mol. The number of ether oxygens (including phenoxy) is 1. The van der Waals surface area contributed by atoms with Crippen molar-refractivity contribution < 1.29 is 19.0 Å². The number of pyridine rings is 1. The van der Waals surface area contributed by atoms with Gasteiger partial charge < -0.3 is 25.1 Å². The fourth-order valence-electron chi connectivity index (χ4n) is 5.42. The van der Waals surface area contributed by atoms with E-state index >= 15 is 0 Å². The van der Waals surface area contributed by atoms with Gasteiger partial charge in [0, 0.05) is 49.9 Å². The maximum absolute atomic E-state index is 14.2. The lowest BCUT2D eigenvalue weighted by molar-refractivity contribution is 0.0696. The lowest BCUT2D eigenvalue weighted by atomic mass is 10.1. The van der Waals surface area contributed by atoms with Crippen LogP contribution in [0, 0.1) is 17.1 Å². The molecule has 6 rings (SSSR count). The number of aromatic carboxylic acids is 1. The van der Waals surface area contributed by atoms with E-state index in [9.17, 15) is 14.3 Å². The van der Waals surface area contributed by atoms with Crippen LogP contribution in [0.15, 0.2) is 55.2 Å². The third-order valence-electron chi connectivity index (χ3n) is 7.81. The van der Waals surface area contributed by atoms with E-state index in [2.05, 4.69) is 31.5 Å². The highest BCUT2D eigenvalue weighted by Gasteiger charge is 2.24. The molecule has 4 N–H and O–H groups in total. The number of hydrogen-bond acceptors (Lipinski definition) is 9. The molecule has 5 aromatic rings. The Morgan fingerprint density at radius 1 is 1.18 bits per heavy atom. The van der Waals surface area contributed by atoms with Gasteiger partial charge >= 0.3 is 5.97 Å². The first-order valence-corrected chi connectivity index (χ1v) is 14.1. The normalized spacial score (nSPS) is 13.9. The van der Waals surface area contributed by atoms with Gasteiger partial charge in [0.2, 0.25) is 5.88 Å². The maximum Gasteiger partial charge on any atom is 0.337 e. The first-order valence-electron chi connectivity index (χ1n) is 14.1. The predicted octanol–water partition coefficient (Wildman–Crippen LogP) is 4.18. The number of piperidine rings is 1. The summed E-state index contributed by atoms with van der Waals surface area (Å²) in [7, 11) is 0. The Morgan fingerprint density at radius 2 is 2.00 bits per heavy atom. The van der Waals surface area contributed by atoms with E-state index in [1.54, 1.807) is 30.6 Å². The van der Waals surface area contributed by atoms with Gasteiger partial charge in [0.05, 0.1) is 48.3 Å². The number of carboxylic acids is 1. The molecule has 1 fully saturated rings. The van der Waals surface area contributed by atoms with Crippen molar-refractivity contribution in [3.05, 3.63) is 89.3 Å². The molecule has 44 heavy (non-hydrogen) atoms. The number of hydrogen-bond donors (Lipinski definition) is 2. The van der Waals surface area contributed by atoms with Crippen molar-refractivity contribution >= 4 is 17.1 Å². The van der Waals surface area contributed by atoms with Gasteiger partial charge in [-0.25, -0.2) is 24.1 Å². The Morgan fingerprint density at radius 3 is 2.73 bits per heavy atom. The highest BCUT2D eigenvalue weighted by atomic mass is 19.1. The molecule has 228 valence electrons. The monoisotopic (exact) mass is 600 g/mol. The van der Waals surface area contributed by atoms with E-state index in [0.717, 1.165) is 44.0 Å². The zero-order valence-electron chi connectivity index (χ0n) is 24.3. The minimum absolute atomic E-state index is 0. The van der Waals surface area contributed by atoms with Crippen molar-refractivity contribution in [3.63, 3.8) is 0 Å². The number of halogens is 1. The summed E-state index contributed by atoms with van der Waals surface area (Å²) in [5.41, 5.74) is 2.95. The lowest BCUT2D eigenvalue weighted by Gasteiger charge is -2.31. The molecule has 0 radical (unpaired) electrons. The van der Waals surface area contributed by atoms with Crippen LogP contribution in [-0.2, 0) is 26.2 Å². The summed E-state index contributed by atoms with van der Waals surface area (Å²) in [4.78, 5) is 27.4. The highest BCUT2D eigenvalue weighted by molar-refractivity contribution is 5.90. The number of rotatable bonds is 10. The van der Waals surface area contributed by atoms with Crippen molar-refractivity contribution in [2.75, 3.05) is 13.1 Å². The summed E-state index contributed by atoms with van der Waals surface area (Å²) < 4.78 is 25.9. The molecule has 0 atom stereocenters. The molecule has 4 aromatic heterocycles. The second-order valence-electron chi connectivity index (χ2n) is 10.5.